The molecule has 0 bridgehead atoms. The van der Waals surface area contributed by atoms with Crippen LogP contribution in [0.3, 0.4) is 0 Å². The van der Waals surface area contributed by atoms with Crippen LogP contribution in [0.5, 0.6) is 0 Å². The van der Waals surface area contributed by atoms with Crippen LogP contribution >= 0.6 is 0 Å². The summed E-state index contributed by atoms with van der Waals surface area (Å²) in [5.41, 5.74) is 0. The SMILES string of the molecule is C.[Ag].[Li].[Pt].[Si]. The summed E-state index contributed by atoms with van der Waals surface area (Å²) in [6, 6.07) is 0. The monoisotopic (exact) mass is 353 g/mol. The molecule has 0 nitrogen and oxygen atoms in total. The standard InChI is InChI=1S/CH4.Ag.Li.Pt.Si/h1H4;;;;. The van der Waals surface area contributed by atoms with Gasteiger partial charge in [0, 0.05) is 73.3 Å². The summed E-state index contributed by atoms with van der Waals surface area (Å²) in [6.45, 7) is 0. The number of rotatable bonds is 0. The first-order valence-electron chi connectivity index (χ1n) is 0. The predicted octanol–water partition coefficient (Wildman–Crippen LogP) is -0.131. The van der Waals surface area contributed by atoms with Crippen molar-refractivity contribution in [3.8, 4) is 0 Å². The van der Waals surface area contributed by atoms with Crippen molar-refractivity contribution in [3.63, 3.8) is 0 Å². The molecule has 0 aromatic rings. The zero-order valence-electron chi connectivity index (χ0n) is 2.12. The van der Waals surface area contributed by atoms with Gasteiger partial charge in [-0.2, -0.15) is 0 Å². The van der Waals surface area contributed by atoms with Crippen molar-refractivity contribution in [1.29, 1.82) is 0 Å². The predicted molar refractivity (Wildman–Crippen MR) is 18.2 cm³/mol. The van der Waals surface area contributed by atoms with Gasteiger partial charge in [-0.1, -0.05) is 7.43 Å². The Morgan fingerprint density at radius 2 is 1.00 bits per heavy atom. The Balaban J connectivity index is 0. The van der Waals surface area contributed by atoms with E-state index in [-0.39, 0.29) is 80.7 Å². The molecule has 0 aliphatic heterocycles. The van der Waals surface area contributed by atoms with Crippen LogP contribution in [0.25, 0.3) is 0 Å². The molecular weight excluding hydrogens is 350 g/mol. The fourth-order valence-corrected chi connectivity index (χ4v) is 0. The fraction of sp³-hybridized carbons (Fsp3) is 1.00. The fourth-order valence-electron chi connectivity index (χ4n) is 0. The molecule has 0 N–H and O–H groups in total. The van der Waals surface area contributed by atoms with Gasteiger partial charge in [-0.3, -0.25) is 0 Å². The molecule has 0 spiro atoms. The van der Waals surface area contributed by atoms with Crippen LogP contribution in [-0.4, -0.2) is 29.8 Å². The van der Waals surface area contributed by atoms with Gasteiger partial charge in [0.15, 0.2) is 0 Å². The maximum absolute atomic E-state index is 0. The largest absolute Gasteiger partial charge is 0.0776 e. The second kappa shape index (κ2) is 34.1. The zero-order valence-corrected chi connectivity index (χ0v) is 6.87. The first-order valence-corrected chi connectivity index (χ1v) is 0. The Kier molecular flexibility index (Phi) is 383. The van der Waals surface area contributed by atoms with E-state index in [1.54, 1.807) is 0 Å². The van der Waals surface area contributed by atoms with Crippen molar-refractivity contribution >= 4 is 29.8 Å². The Morgan fingerprint density at radius 1 is 1.00 bits per heavy atom. The Bertz CT molecular complexity index is 11.6. The van der Waals surface area contributed by atoms with Gasteiger partial charge in [0.2, 0.25) is 0 Å². The van der Waals surface area contributed by atoms with Gasteiger partial charge in [-0.15, -0.1) is 0 Å². The molecule has 0 amide bonds. The molecule has 4 heteroatoms. The average molecular weight is 354 g/mol. The molecular formula is CH4AgLiPtSi. The molecule has 0 aromatic heterocycles. The molecule has 0 aliphatic carbocycles. The molecule has 0 aromatic carbocycles. The van der Waals surface area contributed by atoms with Gasteiger partial charge in [0.05, 0.1) is 0 Å². The maximum Gasteiger partial charge on any atom is 0 e. The van der Waals surface area contributed by atoms with Gasteiger partial charge >= 0.3 is 0 Å². The maximum atomic E-state index is 0. The van der Waals surface area contributed by atoms with E-state index < -0.39 is 0 Å². The van der Waals surface area contributed by atoms with E-state index in [1.807, 2.05) is 0 Å². The molecule has 6 radical (unpaired) electrons. The summed E-state index contributed by atoms with van der Waals surface area (Å²) >= 11 is 0. The molecule has 0 saturated heterocycles. The van der Waals surface area contributed by atoms with Crippen LogP contribution in [0.15, 0.2) is 0 Å². The molecule has 5 heavy (non-hydrogen) atoms. The molecule has 0 saturated carbocycles. The molecule has 0 rings (SSSR count). The topological polar surface area (TPSA) is 0 Å². The number of hydrogen-bond donors (Lipinski definition) is 0. The Morgan fingerprint density at radius 3 is 1.00 bits per heavy atom. The van der Waals surface area contributed by atoms with Crippen LogP contribution in [0.1, 0.15) is 7.43 Å². The first-order chi connectivity index (χ1) is 0. The van der Waals surface area contributed by atoms with E-state index in [2.05, 4.69) is 0 Å². The number of hydrogen-bond acceptors (Lipinski definition) is 0. The van der Waals surface area contributed by atoms with Crippen LogP contribution in [0.2, 0.25) is 0 Å². The Hall–Kier alpha value is 2.24. The molecule has 0 unspecified atom stereocenters. The second-order valence-electron chi connectivity index (χ2n) is 0. The quantitative estimate of drug-likeness (QED) is 0.532. The molecule has 34 valence electrons. The van der Waals surface area contributed by atoms with Gasteiger partial charge in [-0.05, 0) is 0 Å². The summed E-state index contributed by atoms with van der Waals surface area (Å²) in [6.07, 6.45) is 0. The third-order valence-electron chi connectivity index (χ3n) is 0. The molecule has 0 atom stereocenters. The van der Waals surface area contributed by atoms with Crippen LogP contribution in [0, 0.1) is 0 Å². The van der Waals surface area contributed by atoms with E-state index >= 15 is 0 Å². The summed E-state index contributed by atoms with van der Waals surface area (Å²) in [5, 5.41) is 0. The average Bonchev–Trinajstić information content (AvgIpc) is 0. The first kappa shape index (κ1) is 56.1. The van der Waals surface area contributed by atoms with Crippen molar-refractivity contribution in [3.05, 3.63) is 0 Å². The summed E-state index contributed by atoms with van der Waals surface area (Å²) in [4.78, 5) is 0. The van der Waals surface area contributed by atoms with Gasteiger partial charge in [-0.25, -0.2) is 0 Å². The van der Waals surface area contributed by atoms with E-state index in [0.717, 1.165) is 0 Å². The summed E-state index contributed by atoms with van der Waals surface area (Å²) in [5.74, 6) is 0. The molecule has 0 aliphatic rings. The van der Waals surface area contributed by atoms with Crippen molar-refractivity contribution < 1.29 is 43.4 Å². The van der Waals surface area contributed by atoms with Gasteiger partial charge < -0.3 is 0 Å². The summed E-state index contributed by atoms with van der Waals surface area (Å²) < 4.78 is 0. The zero-order chi connectivity index (χ0) is 0. The minimum Gasteiger partial charge on any atom is -0.0776 e. The van der Waals surface area contributed by atoms with E-state index in [1.165, 1.54) is 0 Å². The van der Waals surface area contributed by atoms with E-state index in [0.29, 0.717) is 0 Å². The van der Waals surface area contributed by atoms with Crippen molar-refractivity contribution in [2.24, 2.45) is 0 Å². The minimum atomic E-state index is 0. The van der Waals surface area contributed by atoms with Crippen molar-refractivity contribution in [2.45, 2.75) is 7.43 Å². The van der Waals surface area contributed by atoms with Crippen LogP contribution in [-0.2, 0) is 43.4 Å². The van der Waals surface area contributed by atoms with Gasteiger partial charge in [0.25, 0.3) is 0 Å². The van der Waals surface area contributed by atoms with E-state index in [4.69, 9.17) is 0 Å². The Labute approximate surface area is 79.8 Å². The van der Waals surface area contributed by atoms with Crippen LogP contribution in [0.4, 0.5) is 0 Å². The molecule has 0 heterocycles. The normalized spacial score (nSPS) is 0. The second-order valence-corrected chi connectivity index (χ2v) is 0. The van der Waals surface area contributed by atoms with E-state index in [9.17, 15) is 0 Å². The molecule has 0 fully saturated rings. The van der Waals surface area contributed by atoms with Gasteiger partial charge in [0.1, 0.15) is 0 Å². The van der Waals surface area contributed by atoms with Crippen molar-refractivity contribution in [2.75, 3.05) is 0 Å². The third-order valence-corrected chi connectivity index (χ3v) is 0. The third kappa shape index (κ3) is 22.3. The minimum absolute atomic E-state index is 0. The smallest absolute Gasteiger partial charge is 0 e. The van der Waals surface area contributed by atoms with Crippen molar-refractivity contribution in [1.82, 2.24) is 0 Å². The summed E-state index contributed by atoms with van der Waals surface area (Å²) in [7, 11) is 0. The van der Waals surface area contributed by atoms with Crippen LogP contribution < -0.4 is 0 Å².